The summed E-state index contributed by atoms with van der Waals surface area (Å²) in [6.07, 6.45) is 0. The number of nitrogens with zero attached hydrogens (tertiary/aromatic N) is 1. The minimum Gasteiger partial charge on any atom is -0.381 e. The highest BCUT2D eigenvalue weighted by Gasteiger charge is 2.09. The predicted octanol–water partition coefficient (Wildman–Crippen LogP) is 4.08. The quantitative estimate of drug-likeness (QED) is 0.835. The lowest BCUT2D eigenvalue weighted by Crippen LogP contribution is -2.02. The summed E-state index contributed by atoms with van der Waals surface area (Å²) in [5, 5.41) is 10.2. The van der Waals surface area contributed by atoms with Crippen LogP contribution in [-0.2, 0) is 6.54 Å². The predicted molar refractivity (Wildman–Crippen MR) is 71.8 cm³/mol. The zero-order valence-electron chi connectivity index (χ0n) is 9.94. The van der Waals surface area contributed by atoms with Crippen molar-refractivity contribution in [1.29, 1.82) is 0 Å². The Hall–Kier alpha value is -1.26. The van der Waals surface area contributed by atoms with Gasteiger partial charge in [0.15, 0.2) is 5.82 Å². The summed E-state index contributed by atoms with van der Waals surface area (Å²) in [4.78, 5) is 0. The number of aryl methyl sites for hydroxylation is 2. The Morgan fingerprint density at radius 1 is 1.28 bits per heavy atom. The highest BCUT2D eigenvalue weighted by molar-refractivity contribution is 6.35. The van der Waals surface area contributed by atoms with Crippen molar-refractivity contribution >= 4 is 28.9 Å². The molecule has 0 atom stereocenters. The van der Waals surface area contributed by atoms with Crippen LogP contribution in [0.4, 0.5) is 10.1 Å². The summed E-state index contributed by atoms with van der Waals surface area (Å²) < 4.78 is 13.2. The molecule has 1 aromatic carbocycles. The first-order valence-corrected chi connectivity index (χ1v) is 6.13. The molecule has 0 spiro atoms. The minimum absolute atomic E-state index is 0.00522. The third kappa shape index (κ3) is 2.60. The van der Waals surface area contributed by atoms with E-state index >= 15 is 0 Å². The van der Waals surface area contributed by atoms with Crippen LogP contribution in [0, 0.1) is 19.7 Å². The fraction of sp³-hybridized carbons (Fsp3) is 0.250. The van der Waals surface area contributed by atoms with E-state index < -0.39 is 5.82 Å². The van der Waals surface area contributed by atoms with E-state index in [-0.39, 0.29) is 10.0 Å². The molecule has 0 saturated carbocycles. The van der Waals surface area contributed by atoms with Gasteiger partial charge in [-0.05, 0) is 26.0 Å². The van der Waals surface area contributed by atoms with Crippen molar-refractivity contribution in [2.24, 2.45) is 0 Å². The van der Waals surface area contributed by atoms with Crippen LogP contribution < -0.4 is 5.32 Å². The Bertz CT molecular complexity index is 538. The summed E-state index contributed by atoms with van der Waals surface area (Å²) in [5.41, 5.74) is 3.68. The average Bonchev–Trinajstić information content (AvgIpc) is 2.63. The SMILES string of the molecule is Cc1n[nH]c(C)c1CNc1cc(Cl)c(F)c(Cl)c1. The number of H-pyrrole nitrogens is 1. The lowest BCUT2D eigenvalue weighted by atomic mass is 10.2. The number of hydrogen-bond donors (Lipinski definition) is 2. The van der Waals surface area contributed by atoms with Crippen LogP contribution in [0.15, 0.2) is 12.1 Å². The van der Waals surface area contributed by atoms with E-state index in [1.165, 1.54) is 12.1 Å². The van der Waals surface area contributed by atoms with Crippen LogP contribution in [0.2, 0.25) is 10.0 Å². The van der Waals surface area contributed by atoms with E-state index in [2.05, 4.69) is 15.5 Å². The van der Waals surface area contributed by atoms with Gasteiger partial charge in [0.1, 0.15) is 0 Å². The first kappa shape index (κ1) is 13.2. The smallest absolute Gasteiger partial charge is 0.160 e. The fourth-order valence-electron chi connectivity index (χ4n) is 1.68. The lowest BCUT2D eigenvalue weighted by Gasteiger charge is -2.08. The van der Waals surface area contributed by atoms with Gasteiger partial charge in [-0.25, -0.2) is 4.39 Å². The Kier molecular flexibility index (Phi) is 3.78. The van der Waals surface area contributed by atoms with E-state index in [4.69, 9.17) is 23.2 Å². The van der Waals surface area contributed by atoms with E-state index in [1.807, 2.05) is 13.8 Å². The summed E-state index contributed by atoms with van der Waals surface area (Å²) in [7, 11) is 0. The van der Waals surface area contributed by atoms with Gasteiger partial charge in [0.05, 0.1) is 15.7 Å². The summed E-state index contributed by atoms with van der Waals surface area (Å²) in [6, 6.07) is 3.01. The molecular formula is C12H12Cl2FN3. The maximum Gasteiger partial charge on any atom is 0.160 e. The molecule has 0 radical (unpaired) electrons. The van der Waals surface area contributed by atoms with Gasteiger partial charge in [-0.1, -0.05) is 23.2 Å². The summed E-state index contributed by atoms with van der Waals surface area (Å²) in [6.45, 7) is 4.44. The second-order valence-electron chi connectivity index (χ2n) is 4.02. The highest BCUT2D eigenvalue weighted by Crippen LogP contribution is 2.27. The minimum atomic E-state index is -0.598. The molecular weight excluding hydrogens is 276 g/mol. The molecule has 6 heteroatoms. The van der Waals surface area contributed by atoms with Crippen molar-refractivity contribution in [2.75, 3.05) is 5.32 Å². The van der Waals surface area contributed by atoms with Gasteiger partial charge in [0, 0.05) is 23.5 Å². The van der Waals surface area contributed by atoms with Crippen LogP contribution in [0.25, 0.3) is 0 Å². The van der Waals surface area contributed by atoms with E-state index in [9.17, 15) is 4.39 Å². The van der Waals surface area contributed by atoms with Crippen molar-refractivity contribution in [3.8, 4) is 0 Å². The van der Waals surface area contributed by atoms with Gasteiger partial charge in [-0.2, -0.15) is 5.10 Å². The monoisotopic (exact) mass is 287 g/mol. The number of aromatic nitrogens is 2. The Labute approximate surface area is 114 Å². The van der Waals surface area contributed by atoms with E-state index in [1.54, 1.807) is 0 Å². The molecule has 96 valence electrons. The van der Waals surface area contributed by atoms with Crippen LogP contribution in [0.3, 0.4) is 0 Å². The Balaban J connectivity index is 2.16. The van der Waals surface area contributed by atoms with Crippen molar-refractivity contribution in [3.05, 3.63) is 44.9 Å². The second-order valence-corrected chi connectivity index (χ2v) is 4.83. The third-order valence-electron chi connectivity index (χ3n) is 2.73. The van der Waals surface area contributed by atoms with Gasteiger partial charge in [0.2, 0.25) is 0 Å². The molecule has 3 nitrogen and oxygen atoms in total. The molecule has 0 fully saturated rings. The third-order valence-corrected chi connectivity index (χ3v) is 3.28. The molecule has 0 aliphatic rings. The Morgan fingerprint density at radius 2 is 1.89 bits per heavy atom. The molecule has 0 aliphatic heterocycles. The number of aromatic amines is 1. The molecule has 18 heavy (non-hydrogen) atoms. The van der Waals surface area contributed by atoms with Crippen LogP contribution in [0.1, 0.15) is 17.0 Å². The van der Waals surface area contributed by atoms with Crippen LogP contribution in [0.5, 0.6) is 0 Å². The summed E-state index contributed by atoms with van der Waals surface area (Å²) >= 11 is 11.4. The molecule has 1 heterocycles. The van der Waals surface area contributed by atoms with Gasteiger partial charge in [-0.3, -0.25) is 5.10 Å². The first-order valence-electron chi connectivity index (χ1n) is 5.38. The number of nitrogens with one attached hydrogen (secondary N) is 2. The molecule has 1 aromatic heterocycles. The molecule has 0 aliphatic carbocycles. The standard InChI is InChI=1S/C12H12Cl2FN3/c1-6-9(7(2)18-17-6)5-16-8-3-10(13)12(15)11(14)4-8/h3-4,16H,5H2,1-2H3,(H,17,18). The molecule has 0 saturated heterocycles. The summed E-state index contributed by atoms with van der Waals surface area (Å²) in [5.74, 6) is -0.598. The fourth-order valence-corrected chi connectivity index (χ4v) is 2.17. The molecule has 0 unspecified atom stereocenters. The van der Waals surface area contributed by atoms with Gasteiger partial charge >= 0.3 is 0 Å². The van der Waals surface area contributed by atoms with Crippen molar-refractivity contribution < 1.29 is 4.39 Å². The first-order chi connectivity index (χ1) is 8.49. The van der Waals surface area contributed by atoms with E-state index in [0.717, 1.165) is 17.0 Å². The zero-order valence-corrected chi connectivity index (χ0v) is 11.5. The second kappa shape index (κ2) is 5.16. The number of hydrogen-bond acceptors (Lipinski definition) is 2. The molecule has 2 rings (SSSR count). The van der Waals surface area contributed by atoms with Crippen molar-refractivity contribution in [1.82, 2.24) is 10.2 Å². The number of benzene rings is 1. The zero-order chi connectivity index (χ0) is 13.3. The number of rotatable bonds is 3. The normalized spacial score (nSPS) is 10.7. The topological polar surface area (TPSA) is 40.7 Å². The average molecular weight is 288 g/mol. The largest absolute Gasteiger partial charge is 0.381 e. The molecule has 0 bridgehead atoms. The van der Waals surface area contributed by atoms with Crippen molar-refractivity contribution in [2.45, 2.75) is 20.4 Å². The molecule has 2 aromatic rings. The number of halogens is 3. The van der Waals surface area contributed by atoms with Crippen molar-refractivity contribution in [3.63, 3.8) is 0 Å². The molecule has 0 amide bonds. The van der Waals surface area contributed by atoms with Crippen LogP contribution in [-0.4, -0.2) is 10.2 Å². The van der Waals surface area contributed by atoms with Gasteiger partial charge in [0.25, 0.3) is 0 Å². The van der Waals surface area contributed by atoms with Gasteiger partial charge < -0.3 is 5.32 Å². The number of anilines is 1. The highest BCUT2D eigenvalue weighted by atomic mass is 35.5. The molecule has 2 N–H and O–H groups in total. The Morgan fingerprint density at radius 3 is 2.39 bits per heavy atom. The maximum atomic E-state index is 13.2. The van der Waals surface area contributed by atoms with Crippen LogP contribution >= 0.6 is 23.2 Å². The maximum absolute atomic E-state index is 13.2. The van der Waals surface area contributed by atoms with E-state index in [0.29, 0.717) is 12.2 Å². The van der Waals surface area contributed by atoms with Gasteiger partial charge in [-0.15, -0.1) is 0 Å². The lowest BCUT2D eigenvalue weighted by molar-refractivity contribution is 0.629.